The van der Waals surface area contributed by atoms with E-state index in [1.165, 1.54) is 0 Å². The summed E-state index contributed by atoms with van der Waals surface area (Å²) in [5.41, 5.74) is 2.14. The molecule has 2 aromatic rings. The third-order valence-electron chi connectivity index (χ3n) is 4.73. The SMILES string of the molecule is CCN(Cc1ccc2c(c1)OCO2)C(=O)C1COc2ccccc2C1. The van der Waals surface area contributed by atoms with Crippen LogP contribution in [0.1, 0.15) is 18.1 Å². The Hall–Kier alpha value is -2.69. The van der Waals surface area contributed by atoms with E-state index in [-0.39, 0.29) is 18.6 Å². The molecule has 0 radical (unpaired) electrons. The Balaban J connectivity index is 1.47. The first kappa shape index (κ1) is 15.8. The van der Waals surface area contributed by atoms with Crippen molar-refractivity contribution < 1.29 is 19.0 Å². The molecule has 130 valence electrons. The van der Waals surface area contributed by atoms with E-state index < -0.39 is 0 Å². The van der Waals surface area contributed by atoms with Gasteiger partial charge in [-0.3, -0.25) is 4.79 Å². The second-order valence-electron chi connectivity index (χ2n) is 6.36. The Bertz CT molecular complexity index is 789. The summed E-state index contributed by atoms with van der Waals surface area (Å²) in [7, 11) is 0. The molecule has 1 unspecified atom stereocenters. The van der Waals surface area contributed by atoms with Crippen LogP contribution in [0, 0.1) is 5.92 Å². The van der Waals surface area contributed by atoms with Gasteiger partial charge < -0.3 is 19.1 Å². The summed E-state index contributed by atoms with van der Waals surface area (Å²) < 4.78 is 16.5. The summed E-state index contributed by atoms with van der Waals surface area (Å²) in [4.78, 5) is 14.8. The van der Waals surface area contributed by atoms with E-state index in [4.69, 9.17) is 14.2 Å². The Labute approximate surface area is 147 Å². The van der Waals surface area contributed by atoms with Gasteiger partial charge in [-0.25, -0.2) is 0 Å². The normalized spacial score (nSPS) is 17.6. The Kier molecular flexibility index (Phi) is 4.22. The first-order valence-corrected chi connectivity index (χ1v) is 8.62. The van der Waals surface area contributed by atoms with E-state index in [0.29, 0.717) is 19.7 Å². The summed E-state index contributed by atoms with van der Waals surface area (Å²) in [5, 5.41) is 0. The van der Waals surface area contributed by atoms with Crippen LogP contribution < -0.4 is 14.2 Å². The fraction of sp³-hybridized carbons (Fsp3) is 0.350. The average molecular weight is 339 g/mol. The van der Waals surface area contributed by atoms with Gasteiger partial charge in [-0.05, 0) is 42.7 Å². The number of fused-ring (bicyclic) bond motifs is 2. The molecule has 0 N–H and O–H groups in total. The lowest BCUT2D eigenvalue weighted by atomic mass is 9.95. The number of ether oxygens (including phenoxy) is 3. The maximum absolute atomic E-state index is 13.0. The maximum atomic E-state index is 13.0. The number of nitrogens with zero attached hydrogens (tertiary/aromatic N) is 1. The molecular weight excluding hydrogens is 318 g/mol. The number of carbonyl (C=O) groups excluding carboxylic acids is 1. The third kappa shape index (κ3) is 3.14. The zero-order valence-corrected chi connectivity index (χ0v) is 14.2. The van der Waals surface area contributed by atoms with Gasteiger partial charge in [0.05, 0.1) is 5.92 Å². The molecule has 0 fully saturated rings. The first-order chi connectivity index (χ1) is 12.2. The van der Waals surface area contributed by atoms with Crippen LogP contribution in [0.2, 0.25) is 0 Å². The van der Waals surface area contributed by atoms with Crippen molar-refractivity contribution in [1.82, 2.24) is 4.90 Å². The molecule has 25 heavy (non-hydrogen) atoms. The van der Waals surface area contributed by atoms with Crippen LogP contribution in [0.15, 0.2) is 42.5 Å². The summed E-state index contributed by atoms with van der Waals surface area (Å²) in [6.07, 6.45) is 0.729. The zero-order chi connectivity index (χ0) is 17.2. The Morgan fingerprint density at radius 3 is 2.80 bits per heavy atom. The number of carbonyl (C=O) groups is 1. The number of rotatable bonds is 4. The van der Waals surface area contributed by atoms with E-state index in [1.807, 2.05) is 54.3 Å². The topological polar surface area (TPSA) is 48.0 Å². The lowest BCUT2D eigenvalue weighted by Gasteiger charge is -2.30. The fourth-order valence-electron chi connectivity index (χ4n) is 3.35. The van der Waals surface area contributed by atoms with Crippen LogP contribution >= 0.6 is 0 Å². The van der Waals surface area contributed by atoms with Gasteiger partial charge in [0, 0.05) is 13.1 Å². The number of para-hydroxylation sites is 1. The second-order valence-corrected chi connectivity index (χ2v) is 6.36. The molecule has 0 saturated heterocycles. The monoisotopic (exact) mass is 339 g/mol. The van der Waals surface area contributed by atoms with Crippen molar-refractivity contribution in [2.24, 2.45) is 5.92 Å². The Morgan fingerprint density at radius 2 is 1.92 bits per heavy atom. The molecule has 5 nitrogen and oxygen atoms in total. The van der Waals surface area contributed by atoms with E-state index in [1.54, 1.807) is 0 Å². The van der Waals surface area contributed by atoms with Crippen molar-refractivity contribution >= 4 is 5.91 Å². The molecule has 0 saturated carbocycles. The largest absolute Gasteiger partial charge is 0.492 e. The molecule has 1 amide bonds. The van der Waals surface area contributed by atoms with E-state index in [9.17, 15) is 4.79 Å². The highest BCUT2D eigenvalue weighted by molar-refractivity contribution is 5.79. The second kappa shape index (κ2) is 6.67. The molecule has 2 aromatic carbocycles. The van der Waals surface area contributed by atoms with Gasteiger partial charge in [0.25, 0.3) is 0 Å². The van der Waals surface area contributed by atoms with Gasteiger partial charge in [-0.15, -0.1) is 0 Å². The highest BCUT2D eigenvalue weighted by Gasteiger charge is 2.29. The number of hydrogen-bond acceptors (Lipinski definition) is 4. The minimum absolute atomic E-state index is 0.134. The van der Waals surface area contributed by atoms with Gasteiger partial charge in [0.2, 0.25) is 12.7 Å². The van der Waals surface area contributed by atoms with Crippen LogP contribution in [-0.2, 0) is 17.8 Å². The number of hydrogen-bond donors (Lipinski definition) is 0. The van der Waals surface area contributed by atoms with Crippen molar-refractivity contribution in [3.8, 4) is 17.2 Å². The van der Waals surface area contributed by atoms with Crippen molar-refractivity contribution in [2.45, 2.75) is 19.9 Å². The highest BCUT2D eigenvalue weighted by atomic mass is 16.7. The molecule has 2 aliphatic rings. The summed E-state index contributed by atoms with van der Waals surface area (Å²) in [6.45, 7) is 3.92. The van der Waals surface area contributed by atoms with Gasteiger partial charge in [-0.1, -0.05) is 24.3 Å². The predicted molar refractivity (Wildman–Crippen MR) is 92.8 cm³/mol. The minimum Gasteiger partial charge on any atom is -0.492 e. The smallest absolute Gasteiger partial charge is 0.231 e. The van der Waals surface area contributed by atoms with Gasteiger partial charge >= 0.3 is 0 Å². The summed E-state index contributed by atoms with van der Waals surface area (Å²) in [6, 6.07) is 13.8. The maximum Gasteiger partial charge on any atom is 0.231 e. The lowest BCUT2D eigenvalue weighted by Crippen LogP contribution is -2.40. The first-order valence-electron chi connectivity index (χ1n) is 8.62. The van der Waals surface area contributed by atoms with Crippen LogP contribution in [0.5, 0.6) is 17.2 Å². The van der Waals surface area contributed by atoms with Crippen molar-refractivity contribution in [3.63, 3.8) is 0 Å². The molecule has 0 aliphatic carbocycles. The van der Waals surface area contributed by atoms with E-state index in [2.05, 4.69) is 0 Å². The molecular formula is C20H21NO4. The molecule has 0 bridgehead atoms. The van der Waals surface area contributed by atoms with Crippen LogP contribution in [0.25, 0.3) is 0 Å². The van der Waals surface area contributed by atoms with Crippen LogP contribution in [-0.4, -0.2) is 30.8 Å². The van der Waals surface area contributed by atoms with Crippen molar-refractivity contribution in [3.05, 3.63) is 53.6 Å². The van der Waals surface area contributed by atoms with Gasteiger partial charge in [0.15, 0.2) is 11.5 Å². The fourth-order valence-corrected chi connectivity index (χ4v) is 3.35. The van der Waals surface area contributed by atoms with Crippen molar-refractivity contribution in [1.29, 1.82) is 0 Å². The van der Waals surface area contributed by atoms with Crippen LogP contribution in [0.4, 0.5) is 0 Å². The van der Waals surface area contributed by atoms with E-state index in [0.717, 1.165) is 34.8 Å². The van der Waals surface area contributed by atoms with Gasteiger partial charge in [0.1, 0.15) is 12.4 Å². The quantitative estimate of drug-likeness (QED) is 0.859. The minimum atomic E-state index is -0.135. The number of amides is 1. The molecule has 5 heteroatoms. The zero-order valence-electron chi connectivity index (χ0n) is 14.2. The van der Waals surface area contributed by atoms with Crippen LogP contribution in [0.3, 0.4) is 0 Å². The molecule has 0 aromatic heterocycles. The third-order valence-corrected chi connectivity index (χ3v) is 4.73. The average Bonchev–Trinajstić information content (AvgIpc) is 3.13. The van der Waals surface area contributed by atoms with Gasteiger partial charge in [-0.2, -0.15) is 0 Å². The molecule has 2 heterocycles. The Morgan fingerprint density at radius 1 is 1.08 bits per heavy atom. The molecule has 2 aliphatic heterocycles. The number of benzene rings is 2. The molecule has 4 rings (SSSR count). The molecule has 0 spiro atoms. The molecule has 1 atom stereocenters. The summed E-state index contributed by atoms with van der Waals surface area (Å²) in [5.74, 6) is 2.40. The standard InChI is InChI=1S/C20H21NO4/c1-2-21(11-14-7-8-18-19(9-14)25-13-24-18)20(22)16-10-15-5-3-4-6-17(15)23-12-16/h3-9,16H,2,10-13H2,1H3. The van der Waals surface area contributed by atoms with Crippen molar-refractivity contribution in [2.75, 3.05) is 19.9 Å². The highest BCUT2D eigenvalue weighted by Crippen LogP contribution is 2.33. The van der Waals surface area contributed by atoms with E-state index >= 15 is 0 Å². The lowest BCUT2D eigenvalue weighted by molar-refractivity contribution is -0.137. The predicted octanol–water partition coefficient (Wildman–Crippen LogP) is 3.02. The summed E-state index contributed by atoms with van der Waals surface area (Å²) >= 11 is 0.